The Kier molecular flexibility index (Phi) is 6.55. The van der Waals surface area contributed by atoms with E-state index in [1.165, 1.54) is 27.1 Å². The average molecular weight is 678 g/mol. The first kappa shape index (κ1) is 29.6. The van der Waals surface area contributed by atoms with Crippen LogP contribution in [-0.4, -0.2) is 0 Å². The predicted octanol–water partition coefficient (Wildman–Crippen LogP) is 14.6. The summed E-state index contributed by atoms with van der Waals surface area (Å²) >= 11 is 0. The highest BCUT2D eigenvalue weighted by molar-refractivity contribution is 6.20. The molecule has 53 heavy (non-hydrogen) atoms. The van der Waals surface area contributed by atoms with Gasteiger partial charge in [-0.15, -0.1) is 0 Å². The molecular weight excluding hydrogens is 647 g/mol. The molecule has 0 N–H and O–H groups in total. The molecule has 3 heteroatoms. The van der Waals surface area contributed by atoms with Crippen LogP contribution in [-0.2, 0) is 0 Å². The summed E-state index contributed by atoms with van der Waals surface area (Å²) < 4.78 is 13.2. The van der Waals surface area contributed by atoms with Gasteiger partial charge in [0.1, 0.15) is 22.3 Å². The fraction of sp³-hybridized carbons (Fsp3) is 0. The summed E-state index contributed by atoms with van der Waals surface area (Å²) in [4.78, 5) is 2.38. The van der Waals surface area contributed by atoms with Crippen molar-refractivity contribution in [2.24, 2.45) is 0 Å². The number of rotatable bonds is 5. The van der Waals surface area contributed by atoms with Crippen LogP contribution in [0.25, 0.3) is 87.7 Å². The number of fused-ring (bicyclic) bond motifs is 9. The van der Waals surface area contributed by atoms with Crippen molar-refractivity contribution in [2.45, 2.75) is 0 Å². The van der Waals surface area contributed by atoms with Gasteiger partial charge in [-0.3, -0.25) is 0 Å². The van der Waals surface area contributed by atoms with Gasteiger partial charge in [0.2, 0.25) is 0 Å². The number of para-hydroxylation sites is 2. The Morgan fingerprint density at radius 2 is 0.943 bits per heavy atom. The summed E-state index contributed by atoms with van der Waals surface area (Å²) in [6.07, 6.45) is 0. The van der Waals surface area contributed by atoms with Crippen LogP contribution in [0.3, 0.4) is 0 Å². The summed E-state index contributed by atoms with van der Waals surface area (Å²) in [7, 11) is 0. The molecule has 2 heterocycles. The SMILES string of the molecule is c1ccc(-c2ccc(N(c3ccc(-c4ccc5ccc6ccccc6c5c4)cc3)c3cccc4oc5ccccc5c34)c3c2oc2ccccc23)cc1. The lowest BCUT2D eigenvalue weighted by Gasteiger charge is -2.27. The predicted molar refractivity (Wildman–Crippen MR) is 222 cm³/mol. The topological polar surface area (TPSA) is 29.5 Å². The van der Waals surface area contributed by atoms with E-state index in [1.54, 1.807) is 0 Å². The van der Waals surface area contributed by atoms with Crippen molar-refractivity contribution < 1.29 is 8.83 Å². The number of anilines is 3. The standard InChI is InChI=1S/C50H31NO2/c1-2-11-33(12-3-1)39-29-30-44(49-41-16-7-9-19-46(41)53-50(39)49)51(43-17-10-20-47-48(43)40-15-6-8-18-45(40)52-47)37-27-25-32(26-28-37)36-24-23-35-22-21-34-13-4-5-14-38(34)42(35)31-36/h1-31H. The fourth-order valence-corrected chi connectivity index (χ4v) is 8.18. The zero-order valence-electron chi connectivity index (χ0n) is 28.7. The first-order valence-corrected chi connectivity index (χ1v) is 18.0. The van der Waals surface area contributed by atoms with Crippen molar-refractivity contribution in [1.29, 1.82) is 0 Å². The molecule has 0 atom stereocenters. The van der Waals surface area contributed by atoms with Gasteiger partial charge in [-0.25, -0.2) is 0 Å². The van der Waals surface area contributed by atoms with Gasteiger partial charge in [0.15, 0.2) is 0 Å². The molecule has 2 aromatic heterocycles. The third kappa shape index (κ3) is 4.68. The fourth-order valence-electron chi connectivity index (χ4n) is 8.18. The van der Waals surface area contributed by atoms with Crippen LogP contribution in [0.2, 0.25) is 0 Å². The number of hydrogen-bond acceptors (Lipinski definition) is 3. The zero-order chi connectivity index (χ0) is 34.9. The van der Waals surface area contributed by atoms with Crippen molar-refractivity contribution >= 4 is 82.5 Å². The lowest BCUT2D eigenvalue weighted by molar-refractivity contribution is 0.669. The van der Waals surface area contributed by atoms with Gasteiger partial charge in [0, 0.05) is 22.0 Å². The molecule has 3 nitrogen and oxygen atoms in total. The van der Waals surface area contributed by atoms with Crippen LogP contribution in [0.5, 0.6) is 0 Å². The highest BCUT2D eigenvalue weighted by Gasteiger charge is 2.24. The third-order valence-corrected chi connectivity index (χ3v) is 10.7. The number of benzene rings is 9. The van der Waals surface area contributed by atoms with Crippen LogP contribution < -0.4 is 4.90 Å². The minimum atomic E-state index is 0.850. The minimum absolute atomic E-state index is 0.850. The molecule has 0 saturated carbocycles. The Morgan fingerprint density at radius 3 is 1.75 bits per heavy atom. The molecule has 0 saturated heterocycles. The van der Waals surface area contributed by atoms with Gasteiger partial charge in [0.25, 0.3) is 0 Å². The molecular formula is C50H31NO2. The van der Waals surface area contributed by atoms with E-state index in [4.69, 9.17) is 8.83 Å². The normalized spacial score (nSPS) is 11.8. The van der Waals surface area contributed by atoms with Gasteiger partial charge in [-0.2, -0.15) is 0 Å². The van der Waals surface area contributed by atoms with E-state index in [0.29, 0.717) is 0 Å². The highest BCUT2D eigenvalue weighted by Crippen LogP contribution is 2.49. The smallest absolute Gasteiger partial charge is 0.145 e. The highest BCUT2D eigenvalue weighted by atomic mass is 16.3. The van der Waals surface area contributed by atoms with E-state index in [0.717, 1.165) is 77.6 Å². The minimum Gasteiger partial charge on any atom is -0.456 e. The Balaban J connectivity index is 1.16. The van der Waals surface area contributed by atoms with Crippen LogP contribution in [0.1, 0.15) is 0 Å². The maximum atomic E-state index is 6.74. The average Bonchev–Trinajstić information content (AvgIpc) is 3.81. The summed E-state index contributed by atoms with van der Waals surface area (Å²) in [5.41, 5.74) is 11.1. The second-order valence-corrected chi connectivity index (χ2v) is 13.7. The summed E-state index contributed by atoms with van der Waals surface area (Å²) in [5.74, 6) is 0. The molecule has 9 aromatic carbocycles. The monoisotopic (exact) mass is 677 g/mol. The number of nitrogens with zero attached hydrogens (tertiary/aromatic N) is 1. The lowest BCUT2D eigenvalue weighted by atomic mass is 9.96. The van der Waals surface area contributed by atoms with Gasteiger partial charge >= 0.3 is 0 Å². The van der Waals surface area contributed by atoms with Crippen LogP contribution in [0.15, 0.2) is 197 Å². The summed E-state index contributed by atoms with van der Waals surface area (Å²) in [5, 5.41) is 9.31. The number of furan rings is 2. The van der Waals surface area contributed by atoms with E-state index in [9.17, 15) is 0 Å². The van der Waals surface area contributed by atoms with Crippen molar-refractivity contribution in [3.05, 3.63) is 188 Å². The maximum absolute atomic E-state index is 6.74. The molecule has 11 aromatic rings. The Bertz CT molecular complexity index is 3170. The van der Waals surface area contributed by atoms with Crippen molar-refractivity contribution in [3.8, 4) is 22.3 Å². The van der Waals surface area contributed by atoms with Gasteiger partial charge in [-0.1, -0.05) is 133 Å². The largest absolute Gasteiger partial charge is 0.456 e. The van der Waals surface area contributed by atoms with E-state index >= 15 is 0 Å². The molecule has 248 valence electrons. The van der Waals surface area contributed by atoms with Gasteiger partial charge < -0.3 is 13.7 Å². The van der Waals surface area contributed by atoms with Crippen LogP contribution in [0.4, 0.5) is 17.1 Å². The van der Waals surface area contributed by atoms with Crippen molar-refractivity contribution in [1.82, 2.24) is 0 Å². The molecule has 11 rings (SSSR count). The zero-order valence-corrected chi connectivity index (χ0v) is 28.7. The van der Waals surface area contributed by atoms with Crippen molar-refractivity contribution in [2.75, 3.05) is 4.90 Å². The molecule has 0 aliphatic heterocycles. The first-order chi connectivity index (χ1) is 26.3. The van der Waals surface area contributed by atoms with Gasteiger partial charge in [-0.05, 0) is 92.8 Å². The Morgan fingerprint density at radius 1 is 0.340 bits per heavy atom. The van der Waals surface area contributed by atoms with Crippen LogP contribution >= 0.6 is 0 Å². The molecule has 0 amide bonds. The van der Waals surface area contributed by atoms with E-state index in [2.05, 4.69) is 175 Å². The van der Waals surface area contributed by atoms with E-state index in [-0.39, 0.29) is 0 Å². The second kappa shape index (κ2) is 11.7. The first-order valence-electron chi connectivity index (χ1n) is 18.0. The molecule has 0 bridgehead atoms. The molecule has 0 aliphatic rings. The third-order valence-electron chi connectivity index (χ3n) is 10.7. The molecule has 0 fully saturated rings. The van der Waals surface area contributed by atoms with Crippen LogP contribution in [0, 0.1) is 0 Å². The molecule has 0 aliphatic carbocycles. The molecule has 0 unspecified atom stereocenters. The van der Waals surface area contributed by atoms with Gasteiger partial charge in [0.05, 0.1) is 22.1 Å². The number of hydrogen-bond donors (Lipinski definition) is 0. The van der Waals surface area contributed by atoms with E-state index < -0.39 is 0 Å². The Hall–Kier alpha value is -7.10. The molecule has 0 radical (unpaired) electrons. The Labute approximate surface area is 305 Å². The summed E-state index contributed by atoms with van der Waals surface area (Å²) in [6, 6.07) is 66.7. The van der Waals surface area contributed by atoms with E-state index in [1.807, 2.05) is 18.2 Å². The summed E-state index contributed by atoms with van der Waals surface area (Å²) in [6.45, 7) is 0. The quantitative estimate of drug-likeness (QED) is 0.170. The van der Waals surface area contributed by atoms with Crippen molar-refractivity contribution in [3.63, 3.8) is 0 Å². The molecule has 0 spiro atoms. The lowest BCUT2D eigenvalue weighted by Crippen LogP contribution is -2.11. The maximum Gasteiger partial charge on any atom is 0.145 e. The second-order valence-electron chi connectivity index (χ2n) is 13.7.